The number of aromatic nitrogens is 1. The number of nitrogens with zero attached hydrogens (tertiary/aromatic N) is 9. The third-order valence-corrected chi connectivity index (χ3v) is 23.7. The maximum Gasteiger partial charge on any atom is 0.250 e. The number of aliphatic hydroxyl groups excluding tert-OH is 3. The minimum absolute atomic E-state index is 0. The largest absolute Gasteiger partial charge is 0.395 e. The van der Waals surface area contributed by atoms with E-state index in [1.54, 1.807) is 0 Å². The fourth-order valence-corrected chi connectivity index (χ4v) is 15.7. The number of pyridine rings is 1. The number of thioether (sulfide) groups is 1. The number of piperidine rings is 4. The van der Waals surface area contributed by atoms with Crippen molar-refractivity contribution in [2.24, 2.45) is 71.0 Å². The first-order valence-electron chi connectivity index (χ1n) is 51.4. The van der Waals surface area contributed by atoms with Crippen LogP contribution in [-0.4, -0.2) is 263 Å². The van der Waals surface area contributed by atoms with E-state index in [0.717, 1.165) is 156 Å². The third-order valence-electron chi connectivity index (χ3n) is 22.8. The van der Waals surface area contributed by atoms with Gasteiger partial charge < -0.3 is 49.5 Å². The highest BCUT2D eigenvalue weighted by atomic mass is 32.2. The summed E-state index contributed by atoms with van der Waals surface area (Å²) in [6.07, 6.45) is 41.3. The van der Waals surface area contributed by atoms with Crippen molar-refractivity contribution in [3.8, 4) is 0 Å². The number of unbranched alkanes of at least 4 members (excludes halogenated alkanes) is 1. The van der Waals surface area contributed by atoms with Crippen LogP contribution < -0.4 is 4.57 Å². The highest BCUT2D eigenvalue weighted by molar-refractivity contribution is 7.99. The Morgan fingerprint density at radius 3 is 1.03 bits per heavy atom. The van der Waals surface area contributed by atoms with Gasteiger partial charge in [0.25, 0.3) is 5.92 Å². The van der Waals surface area contributed by atoms with Crippen LogP contribution >= 0.6 is 11.8 Å². The van der Waals surface area contributed by atoms with Crippen molar-refractivity contribution in [3.63, 3.8) is 0 Å². The van der Waals surface area contributed by atoms with Crippen molar-refractivity contribution in [2.45, 2.75) is 392 Å². The monoisotopic (exact) mass is 1760 g/mol. The molecule has 0 unspecified atom stereocenters. The Morgan fingerprint density at radius 1 is 0.393 bits per heavy atom. The molecule has 0 bridgehead atoms. The normalized spacial score (nSPS) is 17.1. The molecule has 13 nitrogen and oxygen atoms in total. The van der Waals surface area contributed by atoms with Gasteiger partial charge in [-0.25, -0.2) is 13.3 Å². The van der Waals surface area contributed by atoms with Crippen LogP contribution in [0.3, 0.4) is 0 Å². The Hall–Kier alpha value is -1.12. The van der Waals surface area contributed by atoms with Gasteiger partial charge in [-0.2, -0.15) is 11.8 Å². The summed E-state index contributed by atoms with van der Waals surface area (Å²) < 4.78 is 33.1. The van der Waals surface area contributed by atoms with Crippen LogP contribution in [0.4, 0.5) is 8.78 Å². The van der Waals surface area contributed by atoms with E-state index in [0.29, 0.717) is 26.2 Å². The van der Waals surface area contributed by atoms with Crippen molar-refractivity contribution in [3.05, 3.63) is 30.6 Å². The first-order chi connectivity index (χ1) is 57.3. The number of morpholine rings is 1. The van der Waals surface area contributed by atoms with E-state index in [9.17, 15) is 13.9 Å². The number of alkyl halides is 2. The van der Waals surface area contributed by atoms with Gasteiger partial charge in [-0.3, -0.25) is 9.80 Å². The lowest BCUT2D eigenvalue weighted by atomic mass is 9.99. The minimum Gasteiger partial charge on any atom is -0.395 e. The number of hydrogen-bond acceptors (Lipinski definition) is 13. The zero-order chi connectivity index (χ0) is 91.9. The van der Waals surface area contributed by atoms with Gasteiger partial charge >= 0.3 is 0 Å². The number of ether oxygens (including phenoxy) is 1. The standard InChI is InChI=1S/C12H25N.C11H21F2N.C11H23NO.C11H23N.C11H18N.C10H23NO2.C10H21NO.C10H21NS.C8H19N.C7H16.C4H10.CH4/c1-11(2)5-4-8-13-9-6-12(3)7-10-13;1-10(2)4-3-7-14-8-5-11(12,13)6-9-14;1-10(2)4-3-7-12-8-5-11(13)6-9-12;2*1-11(2)7-6-10-12-8-4-3-5-9-12;1-10(2)4-3-5-11(6-8-12)7-9-13;2*1-10(2)4-3-5-11-6-8-12-9-7-11;1-8(2)6-5-7-9(3)4;1-4-5-6-7(2)3;1-4(2)3;/h11-12H,4-10H2,1-3H3;10H,3-9H2,1-2H3;10-11,13H,3-9H2,1-2H3;11H,3-10H2,1-2H3;3-5,8-9,11H,6-7,10H2,1-2H3;10,12-13H,3-9H2,1-2H3;2*10H,3-9H2,1-2H3;8H,5-7H2,1-4H3;7H,4-6H2,1-3H3;4H,1-3H3;1H4/q;;;;+1;;;;;;;. The van der Waals surface area contributed by atoms with Crippen molar-refractivity contribution in [1.29, 1.82) is 0 Å². The maximum absolute atomic E-state index is 12.8. The molecule has 1 aromatic heterocycles. The molecular formula is C106H224F2N9O4S+. The Balaban J connectivity index is -0.000000415. The number of halogens is 2. The number of rotatable bonds is 43. The van der Waals surface area contributed by atoms with E-state index >= 15 is 0 Å². The number of likely N-dealkylation sites (tertiary alicyclic amines) is 4. The average Bonchev–Trinajstić information content (AvgIpc) is 0.874. The van der Waals surface area contributed by atoms with Gasteiger partial charge in [-0.05, 0) is 311 Å². The smallest absolute Gasteiger partial charge is 0.250 e. The van der Waals surface area contributed by atoms with Gasteiger partial charge in [0, 0.05) is 108 Å². The summed E-state index contributed by atoms with van der Waals surface area (Å²) in [6.45, 7) is 84.7. The molecule has 16 heteroatoms. The molecule has 736 valence electrons. The Kier molecular flexibility index (Phi) is 95.9. The molecule has 3 N–H and O–H groups in total. The highest BCUT2D eigenvalue weighted by Crippen LogP contribution is 2.28. The highest BCUT2D eigenvalue weighted by Gasteiger charge is 2.33. The second-order valence-electron chi connectivity index (χ2n) is 41.9. The van der Waals surface area contributed by atoms with Crippen LogP contribution in [0, 0.1) is 71.0 Å². The van der Waals surface area contributed by atoms with E-state index in [4.69, 9.17) is 14.9 Å². The molecule has 0 aromatic carbocycles. The van der Waals surface area contributed by atoms with E-state index < -0.39 is 5.92 Å². The topological polar surface area (TPSA) is 99.7 Å². The quantitative estimate of drug-likeness (QED) is 0.0542. The molecule has 0 amide bonds. The molecular weight excluding hydrogens is 1530 g/mol. The Bertz CT molecular complexity index is 2020. The fraction of sp³-hybridized carbons (Fsp3) is 0.953. The third kappa shape index (κ3) is 103. The SMILES string of the molecule is C.CC(C)C.CC(C)CCCN(C)C.CC(C)CCCN(CCO)CCO.CC(C)CCCN1CCC(C)CC1.CC(C)CCCN1CCC(F)(F)CC1.CC(C)CCCN1CCC(O)CC1.CC(C)CCCN1CCCCC1.CC(C)CCCN1CCOCC1.CC(C)CCCN1CCSCC1.CC(C)CCC[n+]1ccccc1.CCCCC(C)C. The number of aryl methyl sites for hydroxylation is 1. The van der Waals surface area contributed by atoms with Crippen molar-refractivity contribution in [1.82, 2.24) is 39.2 Å². The second-order valence-corrected chi connectivity index (χ2v) is 43.1. The average molecular weight is 1760 g/mol. The van der Waals surface area contributed by atoms with Crippen LogP contribution in [0.15, 0.2) is 30.6 Å². The summed E-state index contributed by atoms with van der Waals surface area (Å²) >= 11 is 2.10. The zero-order valence-corrected chi connectivity index (χ0v) is 87.4. The maximum atomic E-state index is 12.8. The molecule has 0 spiro atoms. The number of aliphatic hydroxyl groups is 3. The molecule has 0 radical (unpaired) electrons. The van der Waals surface area contributed by atoms with Crippen LogP contribution in [0.2, 0.25) is 0 Å². The van der Waals surface area contributed by atoms with Gasteiger partial charge in [0.2, 0.25) is 0 Å². The molecule has 1 aromatic rings. The van der Waals surface area contributed by atoms with Gasteiger partial charge in [-0.15, -0.1) is 0 Å². The van der Waals surface area contributed by atoms with E-state index in [-0.39, 0.29) is 39.6 Å². The molecule has 6 saturated heterocycles. The Labute approximate surface area is 769 Å². The predicted octanol–water partition coefficient (Wildman–Crippen LogP) is 25.6. The summed E-state index contributed by atoms with van der Waals surface area (Å²) in [5, 5.41) is 26.8. The Morgan fingerprint density at radius 2 is 0.697 bits per heavy atom. The molecule has 0 aliphatic carbocycles. The van der Waals surface area contributed by atoms with E-state index in [1.807, 2.05) is 0 Å². The molecule has 6 aliphatic rings. The van der Waals surface area contributed by atoms with E-state index in [2.05, 4.69) is 273 Å². The first kappa shape index (κ1) is 129. The molecule has 122 heavy (non-hydrogen) atoms. The van der Waals surface area contributed by atoms with Gasteiger partial charge in [0.05, 0.1) is 32.5 Å². The summed E-state index contributed by atoms with van der Waals surface area (Å²) in [6, 6.07) is 6.21. The summed E-state index contributed by atoms with van der Waals surface area (Å²) in [4.78, 5) is 19.4. The molecule has 7 heterocycles. The molecule has 6 fully saturated rings. The first-order valence-corrected chi connectivity index (χ1v) is 52.6. The molecule has 7 rings (SSSR count). The summed E-state index contributed by atoms with van der Waals surface area (Å²) in [7, 11) is 4.25. The fourth-order valence-electron chi connectivity index (χ4n) is 14.7. The van der Waals surface area contributed by atoms with Gasteiger partial charge in [0.15, 0.2) is 12.4 Å². The second kappa shape index (κ2) is 90.4. The lowest BCUT2D eigenvalue weighted by Crippen LogP contribution is -2.39. The van der Waals surface area contributed by atoms with Crippen LogP contribution in [0.5, 0.6) is 0 Å². The van der Waals surface area contributed by atoms with E-state index in [1.165, 1.54) is 244 Å². The molecule has 0 saturated carbocycles. The van der Waals surface area contributed by atoms with Crippen LogP contribution in [0.25, 0.3) is 0 Å². The lowest BCUT2D eigenvalue weighted by molar-refractivity contribution is -0.697. The van der Waals surface area contributed by atoms with Crippen LogP contribution in [0.1, 0.15) is 373 Å². The van der Waals surface area contributed by atoms with Crippen LogP contribution in [-0.2, 0) is 11.3 Å². The lowest BCUT2D eigenvalue weighted by Gasteiger charge is -2.31. The summed E-state index contributed by atoms with van der Waals surface area (Å²) in [5.74, 6) is 10.5. The predicted molar refractivity (Wildman–Crippen MR) is 543 cm³/mol. The zero-order valence-electron chi connectivity index (χ0n) is 86.6. The van der Waals surface area contributed by atoms with Gasteiger partial charge in [-0.1, -0.05) is 212 Å². The van der Waals surface area contributed by atoms with Crippen molar-refractivity contribution < 1.29 is 33.4 Å². The van der Waals surface area contributed by atoms with Crippen molar-refractivity contribution in [2.75, 3.05) is 196 Å². The summed E-state index contributed by atoms with van der Waals surface area (Å²) in [5.41, 5.74) is 0. The molecule has 6 aliphatic heterocycles. The molecule has 0 atom stereocenters. The minimum atomic E-state index is -2.39. The van der Waals surface area contributed by atoms with Gasteiger partial charge in [0.1, 0.15) is 6.54 Å². The van der Waals surface area contributed by atoms with Crippen molar-refractivity contribution >= 4 is 11.8 Å². The number of hydrogen-bond donors (Lipinski definition) is 3.